The van der Waals surface area contributed by atoms with Crippen molar-refractivity contribution >= 4 is 23.7 Å². The van der Waals surface area contributed by atoms with Crippen LogP contribution in [-0.2, 0) is 32.0 Å². The molecule has 0 N–H and O–H groups in total. The number of pyridine rings is 1. The van der Waals surface area contributed by atoms with Gasteiger partial charge < -0.3 is 24.2 Å². The number of anilines is 1. The van der Waals surface area contributed by atoms with Gasteiger partial charge in [-0.1, -0.05) is 66.2 Å². The van der Waals surface area contributed by atoms with Gasteiger partial charge in [-0.3, -0.25) is 9.59 Å². The van der Waals surface area contributed by atoms with E-state index >= 15 is 0 Å². The van der Waals surface area contributed by atoms with Crippen molar-refractivity contribution in [2.75, 3.05) is 58.5 Å². The van der Waals surface area contributed by atoms with Crippen LogP contribution in [0.1, 0.15) is 22.3 Å². The molecule has 4 rings (SSSR count). The van der Waals surface area contributed by atoms with Gasteiger partial charge in [0.1, 0.15) is 11.9 Å². The second kappa shape index (κ2) is 15.1. The average molecular weight is 557 g/mol. The summed E-state index contributed by atoms with van der Waals surface area (Å²) in [6.45, 7) is 6.06. The Morgan fingerprint density at radius 3 is 2.41 bits per heavy atom. The summed E-state index contributed by atoms with van der Waals surface area (Å²) in [5.41, 5.74) is 3.90. The molecule has 1 aromatic heterocycles. The predicted molar refractivity (Wildman–Crippen MR) is 161 cm³/mol. The van der Waals surface area contributed by atoms with E-state index in [9.17, 15) is 9.59 Å². The molecule has 2 heterocycles. The van der Waals surface area contributed by atoms with Gasteiger partial charge in [0.05, 0.1) is 19.8 Å². The summed E-state index contributed by atoms with van der Waals surface area (Å²) in [7, 11) is 3.36. The quantitative estimate of drug-likeness (QED) is 0.314. The molecular weight excluding hydrogens is 516 g/mol. The molecule has 216 valence electrons. The van der Waals surface area contributed by atoms with Crippen molar-refractivity contribution < 1.29 is 19.1 Å². The van der Waals surface area contributed by atoms with E-state index in [1.165, 1.54) is 0 Å². The second-order valence-electron chi connectivity index (χ2n) is 10.3. The molecule has 3 aromatic rings. The Balaban J connectivity index is 1.64. The van der Waals surface area contributed by atoms with E-state index in [4.69, 9.17) is 9.47 Å². The lowest BCUT2D eigenvalue weighted by Gasteiger charge is -2.33. The van der Waals surface area contributed by atoms with Crippen molar-refractivity contribution in [3.8, 4) is 0 Å². The summed E-state index contributed by atoms with van der Waals surface area (Å²) < 4.78 is 10.7. The highest BCUT2D eigenvalue weighted by Gasteiger charge is 2.31. The van der Waals surface area contributed by atoms with Crippen LogP contribution in [0, 0.1) is 6.92 Å². The predicted octanol–water partition coefficient (Wildman–Crippen LogP) is 3.98. The molecular formula is C33H40N4O4. The van der Waals surface area contributed by atoms with Crippen molar-refractivity contribution in [2.24, 2.45) is 0 Å². The van der Waals surface area contributed by atoms with E-state index in [0.717, 1.165) is 41.2 Å². The number of ether oxygens (including phenoxy) is 2. The molecule has 2 aromatic carbocycles. The van der Waals surface area contributed by atoms with Crippen LogP contribution in [0.3, 0.4) is 0 Å². The molecule has 2 amide bonds. The number of carbonyl (C=O) groups is 2. The molecule has 1 aliphatic rings. The van der Waals surface area contributed by atoms with Gasteiger partial charge >= 0.3 is 0 Å². The average Bonchev–Trinajstić information content (AvgIpc) is 3.02. The third-order valence-electron chi connectivity index (χ3n) is 7.22. The van der Waals surface area contributed by atoms with Gasteiger partial charge in [-0.2, -0.15) is 0 Å². The van der Waals surface area contributed by atoms with Crippen LogP contribution in [0.2, 0.25) is 0 Å². The maximum atomic E-state index is 13.9. The highest BCUT2D eigenvalue weighted by atomic mass is 16.5. The third kappa shape index (κ3) is 8.74. The van der Waals surface area contributed by atoms with Gasteiger partial charge in [0, 0.05) is 59.0 Å². The normalized spacial score (nSPS) is 14.2. The Morgan fingerprint density at radius 2 is 1.76 bits per heavy atom. The summed E-state index contributed by atoms with van der Waals surface area (Å²) in [6.07, 6.45) is 5.54. The van der Waals surface area contributed by atoms with Crippen LogP contribution in [-0.4, -0.2) is 86.3 Å². The molecule has 1 aliphatic heterocycles. The number of morpholine rings is 1. The summed E-state index contributed by atoms with van der Waals surface area (Å²) in [4.78, 5) is 37.9. The van der Waals surface area contributed by atoms with Gasteiger partial charge in [0.2, 0.25) is 11.8 Å². The molecule has 0 unspecified atom stereocenters. The fourth-order valence-electron chi connectivity index (χ4n) is 4.73. The topological polar surface area (TPSA) is 75.2 Å². The van der Waals surface area contributed by atoms with Crippen molar-refractivity contribution in [3.63, 3.8) is 0 Å². The number of amides is 2. The minimum atomic E-state index is -0.714. The fraction of sp³-hybridized carbons (Fsp3) is 0.364. The standard InChI is InChI=1S/C33H40N4O4/c1-26-9-11-27(12-10-26)14-16-32(38)37(25-29-13-15-31(34-24-29)36-18-21-41-22-19-36)30(23-28-7-5-4-6-8-28)33(39)35(2)17-20-40-3/h4-16,24,30H,17-23,25H2,1-3H3/t30-/m0/s1. The monoisotopic (exact) mass is 556 g/mol. The number of hydrogen-bond acceptors (Lipinski definition) is 6. The summed E-state index contributed by atoms with van der Waals surface area (Å²) >= 11 is 0. The summed E-state index contributed by atoms with van der Waals surface area (Å²) in [5.74, 6) is 0.503. The summed E-state index contributed by atoms with van der Waals surface area (Å²) in [6, 6.07) is 21.0. The Hall–Kier alpha value is -4.01. The van der Waals surface area contributed by atoms with E-state index in [1.54, 1.807) is 42.3 Å². The number of likely N-dealkylation sites (N-methyl/N-ethyl adjacent to an activating group) is 1. The van der Waals surface area contributed by atoms with Gasteiger partial charge in [0.25, 0.3) is 0 Å². The molecule has 0 saturated carbocycles. The number of carbonyl (C=O) groups excluding carboxylic acids is 2. The van der Waals surface area contributed by atoms with Crippen LogP contribution in [0.15, 0.2) is 79.0 Å². The first-order valence-corrected chi connectivity index (χ1v) is 14.1. The molecule has 41 heavy (non-hydrogen) atoms. The molecule has 0 radical (unpaired) electrons. The minimum absolute atomic E-state index is 0.138. The maximum Gasteiger partial charge on any atom is 0.247 e. The lowest BCUT2D eigenvalue weighted by Crippen LogP contribution is -2.51. The first-order chi connectivity index (χ1) is 19.9. The lowest BCUT2D eigenvalue weighted by molar-refractivity contribution is -0.143. The lowest BCUT2D eigenvalue weighted by atomic mass is 10.0. The largest absolute Gasteiger partial charge is 0.383 e. The van der Waals surface area contributed by atoms with Crippen molar-refractivity contribution in [3.05, 3.63) is 101 Å². The Labute approximate surface area is 243 Å². The SMILES string of the molecule is COCCN(C)C(=O)[C@H](Cc1ccccc1)N(Cc1ccc(N2CCOCC2)nc1)C(=O)C=Cc1ccc(C)cc1. The van der Waals surface area contributed by atoms with Crippen LogP contribution in [0.5, 0.6) is 0 Å². The molecule has 1 atom stereocenters. The van der Waals surface area contributed by atoms with Crippen LogP contribution >= 0.6 is 0 Å². The van der Waals surface area contributed by atoms with Gasteiger partial charge in [0.15, 0.2) is 0 Å². The first-order valence-electron chi connectivity index (χ1n) is 14.1. The second-order valence-corrected chi connectivity index (χ2v) is 10.3. The molecule has 0 spiro atoms. The number of benzene rings is 2. The van der Waals surface area contributed by atoms with E-state index in [1.807, 2.05) is 73.7 Å². The van der Waals surface area contributed by atoms with Crippen LogP contribution in [0.4, 0.5) is 5.82 Å². The Morgan fingerprint density at radius 1 is 1.02 bits per heavy atom. The van der Waals surface area contributed by atoms with E-state index in [0.29, 0.717) is 32.8 Å². The van der Waals surface area contributed by atoms with Gasteiger partial charge in [-0.15, -0.1) is 0 Å². The van der Waals surface area contributed by atoms with E-state index in [2.05, 4.69) is 9.88 Å². The number of nitrogens with zero attached hydrogens (tertiary/aromatic N) is 4. The van der Waals surface area contributed by atoms with E-state index in [-0.39, 0.29) is 18.4 Å². The van der Waals surface area contributed by atoms with Crippen LogP contribution < -0.4 is 4.90 Å². The molecule has 8 nitrogen and oxygen atoms in total. The van der Waals surface area contributed by atoms with Gasteiger partial charge in [-0.05, 0) is 35.8 Å². The van der Waals surface area contributed by atoms with Crippen molar-refractivity contribution in [1.29, 1.82) is 0 Å². The molecule has 1 saturated heterocycles. The first kappa shape index (κ1) is 30.0. The molecule has 0 bridgehead atoms. The number of aryl methyl sites for hydroxylation is 1. The Bertz CT molecular complexity index is 1270. The summed E-state index contributed by atoms with van der Waals surface area (Å²) in [5, 5.41) is 0. The number of rotatable bonds is 12. The highest BCUT2D eigenvalue weighted by Crippen LogP contribution is 2.19. The number of aromatic nitrogens is 1. The zero-order valence-electron chi connectivity index (χ0n) is 24.2. The van der Waals surface area contributed by atoms with Crippen molar-refractivity contribution in [1.82, 2.24) is 14.8 Å². The zero-order chi connectivity index (χ0) is 29.0. The zero-order valence-corrected chi connectivity index (χ0v) is 24.2. The maximum absolute atomic E-state index is 13.9. The van der Waals surface area contributed by atoms with E-state index < -0.39 is 6.04 Å². The highest BCUT2D eigenvalue weighted by molar-refractivity contribution is 5.95. The molecule has 8 heteroatoms. The smallest absolute Gasteiger partial charge is 0.247 e. The minimum Gasteiger partial charge on any atom is -0.383 e. The van der Waals surface area contributed by atoms with Gasteiger partial charge in [-0.25, -0.2) is 4.98 Å². The number of methoxy groups -OCH3 is 1. The fourth-order valence-corrected chi connectivity index (χ4v) is 4.73. The van der Waals surface area contributed by atoms with Crippen molar-refractivity contribution in [2.45, 2.75) is 25.9 Å². The Kier molecular flexibility index (Phi) is 11.0. The number of hydrogen-bond donors (Lipinski definition) is 0. The molecule has 0 aliphatic carbocycles. The molecule has 1 fully saturated rings. The van der Waals surface area contributed by atoms with Crippen LogP contribution in [0.25, 0.3) is 6.08 Å². The third-order valence-corrected chi connectivity index (χ3v) is 7.22.